The molecule has 0 bridgehead atoms. The molecule has 3 N–H and O–H groups in total. The number of alkyl halides is 3. The summed E-state index contributed by atoms with van der Waals surface area (Å²) < 4.78 is 39.0. The zero-order chi connectivity index (χ0) is 23.3. The van der Waals surface area contributed by atoms with Gasteiger partial charge < -0.3 is 14.8 Å². The predicted molar refractivity (Wildman–Crippen MR) is 110 cm³/mol. The molecule has 1 saturated carbocycles. The van der Waals surface area contributed by atoms with Crippen molar-refractivity contribution in [1.82, 2.24) is 20.1 Å². The first-order chi connectivity index (χ1) is 15.1. The second-order valence-corrected chi connectivity index (χ2v) is 7.80. The summed E-state index contributed by atoms with van der Waals surface area (Å²) in [6.45, 7) is 2.88. The lowest BCUT2D eigenvalue weighted by atomic mass is 9.96. The fraction of sp³-hybridized carbons (Fsp3) is 0.476. The number of nitrogens with zero attached hydrogens (tertiary/aromatic N) is 2. The van der Waals surface area contributed by atoms with Crippen LogP contribution in [0.5, 0.6) is 0 Å². The molecule has 1 atom stereocenters. The van der Waals surface area contributed by atoms with Crippen LogP contribution in [-0.4, -0.2) is 32.0 Å². The highest BCUT2D eigenvalue weighted by molar-refractivity contribution is 5.73. The summed E-state index contributed by atoms with van der Waals surface area (Å²) in [6, 6.07) is 6.53. The Kier molecular flexibility index (Phi) is 7.39. The van der Waals surface area contributed by atoms with Crippen LogP contribution in [0.4, 0.5) is 13.2 Å². The van der Waals surface area contributed by atoms with Crippen LogP contribution in [-0.2, 0) is 11.3 Å². The second-order valence-electron chi connectivity index (χ2n) is 7.80. The zero-order valence-electron chi connectivity index (χ0n) is 17.5. The van der Waals surface area contributed by atoms with Crippen molar-refractivity contribution in [2.45, 2.75) is 63.8 Å². The van der Waals surface area contributed by atoms with Gasteiger partial charge in [-0.05, 0) is 37.5 Å². The third-order valence-electron chi connectivity index (χ3n) is 5.40. The topological polar surface area (TPSA) is 113 Å². The molecule has 1 fully saturated rings. The number of fused-ring (bicyclic) bond motifs is 1. The Morgan fingerprint density at radius 1 is 1.34 bits per heavy atom. The summed E-state index contributed by atoms with van der Waals surface area (Å²) in [7, 11) is 0. The van der Waals surface area contributed by atoms with Gasteiger partial charge in [0.15, 0.2) is 5.58 Å². The van der Waals surface area contributed by atoms with Crippen LogP contribution in [0.3, 0.4) is 0 Å². The minimum atomic E-state index is -5.08. The number of benzene rings is 1. The normalized spacial score (nSPS) is 15.9. The van der Waals surface area contributed by atoms with Crippen molar-refractivity contribution in [3.05, 3.63) is 52.3 Å². The van der Waals surface area contributed by atoms with Crippen molar-refractivity contribution in [3.8, 4) is 0 Å². The number of carbonyl (C=O) groups is 1. The lowest BCUT2D eigenvalue weighted by molar-refractivity contribution is -0.192. The quantitative estimate of drug-likeness (QED) is 0.530. The minimum absolute atomic E-state index is 0.155. The number of hydrogen-bond acceptors (Lipinski definition) is 5. The Morgan fingerprint density at radius 3 is 2.69 bits per heavy atom. The number of halogens is 3. The molecule has 2 aromatic heterocycles. The number of nitrogens with one attached hydrogen (secondary N) is 2. The number of aliphatic carboxylic acids is 1. The van der Waals surface area contributed by atoms with Gasteiger partial charge in [0.1, 0.15) is 0 Å². The maximum absolute atomic E-state index is 11.3. The second kappa shape index (κ2) is 10.0. The van der Waals surface area contributed by atoms with E-state index in [1.807, 2.05) is 24.4 Å². The molecule has 32 heavy (non-hydrogen) atoms. The van der Waals surface area contributed by atoms with E-state index < -0.39 is 17.9 Å². The third-order valence-corrected chi connectivity index (χ3v) is 5.40. The molecule has 1 aliphatic rings. The summed E-state index contributed by atoms with van der Waals surface area (Å²) in [4.78, 5) is 22.8. The summed E-state index contributed by atoms with van der Waals surface area (Å²) in [5.41, 5.74) is 3.62. The van der Waals surface area contributed by atoms with Gasteiger partial charge in [-0.2, -0.15) is 18.3 Å². The third kappa shape index (κ3) is 6.22. The van der Waals surface area contributed by atoms with Crippen molar-refractivity contribution in [3.63, 3.8) is 0 Å². The fourth-order valence-corrected chi connectivity index (χ4v) is 3.63. The Morgan fingerprint density at radius 2 is 2.03 bits per heavy atom. The molecule has 2 heterocycles. The van der Waals surface area contributed by atoms with Crippen molar-refractivity contribution in [2.75, 3.05) is 0 Å². The van der Waals surface area contributed by atoms with Crippen LogP contribution in [0, 0.1) is 0 Å². The summed E-state index contributed by atoms with van der Waals surface area (Å²) in [6.07, 6.45) is 5.52. The van der Waals surface area contributed by atoms with E-state index in [2.05, 4.69) is 33.2 Å². The Labute approximate surface area is 181 Å². The van der Waals surface area contributed by atoms with E-state index >= 15 is 0 Å². The van der Waals surface area contributed by atoms with Gasteiger partial charge in [0, 0.05) is 24.3 Å². The maximum Gasteiger partial charge on any atom is 0.490 e. The molecule has 1 unspecified atom stereocenters. The molecule has 174 valence electrons. The number of carboxylic acids is 1. The van der Waals surface area contributed by atoms with E-state index in [9.17, 15) is 18.0 Å². The number of aromatic nitrogens is 3. The standard InChI is InChI=1S/C19H24N4O2.C2HF3O2/c1-13(15-7-8-17-18(9-15)25-19(24)22-17)20-10-14-11-21-23(12-14)16-5-3-2-4-6-16;3-2(4,5)1(6)7/h7-9,11-13,16,20H,2-6,10H2,1H3,(H,22,24);(H,6,7). The maximum atomic E-state index is 11.3. The van der Waals surface area contributed by atoms with Gasteiger partial charge >= 0.3 is 17.9 Å². The number of aromatic amines is 1. The van der Waals surface area contributed by atoms with Gasteiger partial charge in [-0.3, -0.25) is 9.67 Å². The van der Waals surface area contributed by atoms with Crippen LogP contribution in [0.15, 0.2) is 39.8 Å². The molecule has 0 radical (unpaired) electrons. The van der Waals surface area contributed by atoms with Gasteiger partial charge in [-0.25, -0.2) is 9.59 Å². The molecule has 3 aromatic rings. The molecule has 4 rings (SSSR count). The lowest BCUT2D eigenvalue weighted by Gasteiger charge is -2.21. The largest absolute Gasteiger partial charge is 0.490 e. The molecule has 1 aromatic carbocycles. The molecule has 11 heteroatoms. The van der Waals surface area contributed by atoms with Crippen molar-refractivity contribution >= 4 is 17.1 Å². The van der Waals surface area contributed by atoms with Crippen molar-refractivity contribution in [1.29, 1.82) is 0 Å². The van der Waals surface area contributed by atoms with Gasteiger partial charge in [-0.1, -0.05) is 25.3 Å². The first-order valence-electron chi connectivity index (χ1n) is 10.3. The molecule has 0 spiro atoms. The van der Waals surface area contributed by atoms with Gasteiger partial charge in [0.25, 0.3) is 0 Å². The summed E-state index contributed by atoms with van der Waals surface area (Å²) >= 11 is 0. The molecule has 0 aliphatic heterocycles. The molecular weight excluding hydrogens is 429 g/mol. The Bertz CT molecular complexity index is 1100. The molecule has 1 aliphatic carbocycles. The van der Waals surface area contributed by atoms with Crippen LogP contribution in [0.1, 0.15) is 62.2 Å². The predicted octanol–water partition coefficient (Wildman–Crippen LogP) is 4.31. The number of rotatable bonds is 5. The highest BCUT2D eigenvalue weighted by Crippen LogP contribution is 2.27. The number of H-pyrrole nitrogens is 1. The smallest absolute Gasteiger partial charge is 0.475 e. The molecule has 0 amide bonds. The van der Waals surface area contributed by atoms with E-state index in [0.717, 1.165) is 17.6 Å². The van der Waals surface area contributed by atoms with E-state index in [1.165, 1.54) is 37.7 Å². The van der Waals surface area contributed by atoms with Crippen LogP contribution >= 0.6 is 0 Å². The van der Waals surface area contributed by atoms with E-state index in [0.29, 0.717) is 11.6 Å². The van der Waals surface area contributed by atoms with E-state index in [1.54, 1.807) is 0 Å². The van der Waals surface area contributed by atoms with Crippen LogP contribution < -0.4 is 11.1 Å². The first-order valence-corrected chi connectivity index (χ1v) is 10.3. The van der Waals surface area contributed by atoms with Gasteiger partial charge in [0.2, 0.25) is 0 Å². The zero-order valence-corrected chi connectivity index (χ0v) is 17.5. The molecular formula is C21H25F3N4O4. The highest BCUT2D eigenvalue weighted by atomic mass is 19.4. The number of hydrogen-bond donors (Lipinski definition) is 3. The number of oxazole rings is 1. The average Bonchev–Trinajstić information content (AvgIpc) is 3.37. The number of carboxylic acid groups (broad SMARTS) is 1. The van der Waals surface area contributed by atoms with E-state index in [4.69, 9.17) is 14.3 Å². The molecule has 8 nitrogen and oxygen atoms in total. The monoisotopic (exact) mass is 454 g/mol. The molecule has 0 saturated heterocycles. The van der Waals surface area contributed by atoms with Crippen LogP contribution in [0.25, 0.3) is 11.1 Å². The van der Waals surface area contributed by atoms with Gasteiger partial charge in [-0.15, -0.1) is 0 Å². The Balaban J connectivity index is 0.000000360. The van der Waals surface area contributed by atoms with E-state index in [-0.39, 0.29) is 6.04 Å². The van der Waals surface area contributed by atoms with Crippen LogP contribution in [0.2, 0.25) is 0 Å². The van der Waals surface area contributed by atoms with Crippen molar-refractivity contribution < 1.29 is 27.5 Å². The van der Waals surface area contributed by atoms with Gasteiger partial charge in [0.05, 0.1) is 17.8 Å². The lowest BCUT2D eigenvalue weighted by Crippen LogP contribution is -2.21. The first kappa shape index (κ1) is 23.6. The highest BCUT2D eigenvalue weighted by Gasteiger charge is 2.38. The SMILES string of the molecule is CC(NCc1cnn(C2CCCCC2)c1)c1ccc2[nH]c(=O)oc2c1.O=C(O)C(F)(F)F. The summed E-state index contributed by atoms with van der Waals surface area (Å²) in [5.74, 6) is -3.17. The van der Waals surface area contributed by atoms with Crippen molar-refractivity contribution in [2.24, 2.45) is 0 Å². The fourth-order valence-electron chi connectivity index (χ4n) is 3.63. The Hall–Kier alpha value is -3.08. The average molecular weight is 454 g/mol. The minimum Gasteiger partial charge on any atom is -0.475 e. The summed E-state index contributed by atoms with van der Waals surface area (Å²) in [5, 5.41) is 15.2.